The molecule has 3 fully saturated rings. The summed E-state index contributed by atoms with van der Waals surface area (Å²) < 4.78 is 27.7. The number of carbonyl (C=O) groups is 4. The van der Waals surface area contributed by atoms with Gasteiger partial charge in [0.15, 0.2) is 11.5 Å². The van der Waals surface area contributed by atoms with E-state index < -0.39 is 52.7 Å². The first-order valence-electron chi connectivity index (χ1n) is 21.2. The van der Waals surface area contributed by atoms with Crippen LogP contribution in [0.3, 0.4) is 0 Å². The fourth-order valence-corrected chi connectivity index (χ4v) is 10.9. The highest BCUT2D eigenvalue weighted by Crippen LogP contribution is 2.65. The number of phenolic OH excluding ortho intramolecular Hbond substituents is 1. The van der Waals surface area contributed by atoms with Gasteiger partial charge in [-0.15, -0.1) is 0 Å². The zero-order valence-corrected chi connectivity index (χ0v) is 38.1. The Labute approximate surface area is 391 Å². The second-order valence-corrected chi connectivity index (χ2v) is 17.4. The van der Waals surface area contributed by atoms with Crippen LogP contribution in [0.2, 0.25) is 10.0 Å². The van der Waals surface area contributed by atoms with Crippen molar-refractivity contribution in [3.05, 3.63) is 141 Å². The monoisotopic (exact) mass is 929 g/mol. The smallest absolute Gasteiger partial charge is 0.260 e. The van der Waals surface area contributed by atoms with Crippen LogP contribution in [0, 0.1) is 23.7 Å². The Morgan fingerprint density at radius 3 is 2.00 bits per heavy atom. The van der Waals surface area contributed by atoms with Gasteiger partial charge < -0.3 is 28.8 Å². The number of nitrogens with one attached hydrogen (secondary N) is 1. The van der Waals surface area contributed by atoms with Gasteiger partial charge in [0, 0.05) is 16.5 Å². The number of methoxy groups -OCH3 is 5. The van der Waals surface area contributed by atoms with Crippen LogP contribution in [0.15, 0.2) is 109 Å². The minimum absolute atomic E-state index is 0.0450. The number of aromatic hydroxyl groups is 1. The Bertz CT molecular complexity index is 2820. The quantitative estimate of drug-likeness (QED) is 0.0700. The summed E-state index contributed by atoms with van der Waals surface area (Å²) in [6, 6.07) is 27.5. The Morgan fingerprint density at radius 2 is 1.36 bits per heavy atom. The Balaban J connectivity index is 1.15. The molecule has 0 spiro atoms. The molecule has 6 atom stereocenters. The molecule has 0 radical (unpaired) electrons. The number of benzene rings is 5. The van der Waals surface area contributed by atoms with E-state index in [2.05, 4.69) is 5.43 Å². The number of anilines is 2. The molecule has 2 saturated heterocycles. The van der Waals surface area contributed by atoms with Crippen LogP contribution in [0.1, 0.15) is 41.0 Å². The molecule has 66 heavy (non-hydrogen) atoms. The fourth-order valence-electron chi connectivity index (χ4n) is 10.4. The topological polar surface area (TPSA) is 153 Å². The number of hydrogen-bond acceptors (Lipinski definition) is 11. The van der Waals surface area contributed by atoms with E-state index in [1.165, 1.54) is 32.3 Å². The molecular weight excluding hydrogens is 885 g/mol. The number of halogens is 2. The number of imide groups is 2. The lowest BCUT2D eigenvalue weighted by Gasteiger charge is -2.50. The van der Waals surface area contributed by atoms with Gasteiger partial charge in [-0.1, -0.05) is 71.3 Å². The molecule has 5 aromatic carbocycles. The lowest BCUT2D eigenvalue weighted by molar-refractivity contribution is -0.138. The first kappa shape index (κ1) is 44.3. The third-order valence-electron chi connectivity index (χ3n) is 13.5. The number of phenols is 1. The van der Waals surface area contributed by atoms with Crippen molar-refractivity contribution in [1.29, 1.82) is 0 Å². The molecule has 0 bridgehead atoms. The number of hydrazine groups is 1. The molecule has 4 amide bonds. The number of fused-ring (bicyclic) bond motifs is 4. The summed E-state index contributed by atoms with van der Waals surface area (Å²) in [6.45, 7) is 0. The van der Waals surface area contributed by atoms with E-state index in [9.17, 15) is 9.90 Å². The number of nitrogens with zero attached hydrogens (tertiary/aromatic N) is 2. The molecule has 13 nitrogen and oxygen atoms in total. The minimum Gasteiger partial charge on any atom is -0.502 e. The van der Waals surface area contributed by atoms with Gasteiger partial charge in [-0.05, 0) is 108 Å². The van der Waals surface area contributed by atoms with E-state index >= 15 is 14.4 Å². The molecule has 15 heteroatoms. The molecule has 2 aliphatic carbocycles. The van der Waals surface area contributed by atoms with Gasteiger partial charge in [-0.25, -0.2) is 0 Å². The third-order valence-corrected chi connectivity index (χ3v) is 14.0. The highest BCUT2D eigenvalue weighted by atomic mass is 35.5. The number of carbonyl (C=O) groups excluding carboxylic acids is 4. The van der Waals surface area contributed by atoms with Crippen molar-refractivity contribution in [2.75, 3.05) is 45.9 Å². The van der Waals surface area contributed by atoms with Gasteiger partial charge in [-0.2, -0.15) is 5.01 Å². The van der Waals surface area contributed by atoms with Gasteiger partial charge in [-0.3, -0.25) is 29.5 Å². The second kappa shape index (κ2) is 17.4. The second-order valence-electron chi connectivity index (χ2n) is 16.5. The van der Waals surface area contributed by atoms with Gasteiger partial charge >= 0.3 is 0 Å². The van der Waals surface area contributed by atoms with E-state index in [1.54, 1.807) is 74.9 Å². The largest absolute Gasteiger partial charge is 0.502 e. The van der Waals surface area contributed by atoms with Crippen molar-refractivity contribution in [1.82, 2.24) is 5.01 Å². The molecular formula is C51H45Cl2N3O10. The normalized spacial score (nSPS) is 23.3. The summed E-state index contributed by atoms with van der Waals surface area (Å²) >= 11 is 12.8. The van der Waals surface area contributed by atoms with Gasteiger partial charge in [0.05, 0.1) is 75.1 Å². The van der Waals surface area contributed by atoms with E-state index in [1.807, 2.05) is 48.6 Å². The SMILES string of the molecule is COc1ccc([C@@]23C(=O)N(Nc4ccc(Cl)cc4Cl)C(=O)[C@@H]2C[C@@H]2C(=CC[C@@H]4C(=O)N(c5ccc(C=Cc6cc(OC)ccc6OC)cc5)C(=O)[C@@H]42)[C@@H]3c2cc(OC)c(O)c(OC)c2)cc1. The summed E-state index contributed by atoms with van der Waals surface area (Å²) in [5, 5.41) is 12.7. The molecule has 2 aliphatic heterocycles. The molecule has 0 aromatic heterocycles. The van der Waals surface area contributed by atoms with Crippen LogP contribution < -0.4 is 34.0 Å². The standard InChI is InChI=1S/C51H45Cl2N3O10/c1-62-33-15-10-30(11-16-33)51-38(48(59)56(50(51)61)54-40-20-12-31(52)25-39(40)53)26-37-35(45(51)29-23-42(65-4)46(57)43(24-29)66-5)18-19-36-44(37)49(60)55(47(36)58)32-13-7-27(8-14-32)6-9-28-22-34(63-2)17-21-41(28)64-3/h6-18,20-25,36-38,44-45,54,57H,19,26H2,1-5H3/t36-,37+,38-,44-,45-,51+/m0/s1. The summed E-state index contributed by atoms with van der Waals surface area (Å²) in [7, 11) is 7.52. The van der Waals surface area contributed by atoms with E-state index in [0.29, 0.717) is 44.7 Å². The lowest BCUT2D eigenvalue weighted by atomic mass is 9.49. The van der Waals surface area contributed by atoms with Crippen molar-refractivity contribution >= 4 is 70.4 Å². The number of ether oxygens (including phenoxy) is 5. The van der Waals surface area contributed by atoms with E-state index in [-0.39, 0.29) is 46.7 Å². The van der Waals surface area contributed by atoms with Crippen molar-refractivity contribution in [2.24, 2.45) is 23.7 Å². The van der Waals surface area contributed by atoms with Crippen molar-refractivity contribution in [2.45, 2.75) is 24.2 Å². The Kier molecular flexibility index (Phi) is 11.7. The lowest BCUT2D eigenvalue weighted by Crippen LogP contribution is -2.53. The highest BCUT2D eigenvalue weighted by molar-refractivity contribution is 6.36. The summed E-state index contributed by atoms with van der Waals surface area (Å²) in [5.74, 6) is -4.45. The van der Waals surface area contributed by atoms with Crippen LogP contribution in [-0.4, -0.2) is 69.3 Å². The maximum atomic E-state index is 15.7. The van der Waals surface area contributed by atoms with Crippen LogP contribution in [0.5, 0.6) is 34.5 Å². The predicted molar refractivity (Wildman–Crippen MR) is 249 cm³/mol. The van der Waals surface area contributed by atoms with Crippen LogP contribution in [0.4, 0.5) is 11.4 Å². The first-order valence-corrected chi connectivity index (χ1v) is 21.9. The average molecular weight is 931 g/mol. The van der Waals surface area contributed by atoms with Gasteiger partial charge in [0.1, 0.15) is 17.2 Å². The fraction of sp³-hybridized carbons (Fsp3) is 0.255. The maximum Gasteiger partial charge on any atom is 0.260 e. The van der Waals surface area contributed by atoms with E-state index in [4.69, 9.17) is 46.9 Å². The highest BCUT2D eigenvalue weighted by Gasteiger charge is 2.70. The zero-order chi connectivity index (χ0) is 46.6. The average Bonchev–Trinajstić information content (AvgIpc) is 3.72. The zero-order valence-electron chi connectivity index (χ0n) is 36.5. The van der Waals surface area contributed by atoms with Crippen molar-refractivity contribution < 1.29 is 48.0 Å². The Morgan fingerprint density at radius 1 is 0.697 bits per heavy atom. The summed E-state index contributed by atoms with van der Waals surface area (Å²) in [5.41, 5.74) is 5.33. The van der Waals surface area contributed by atoms with Crippen LogP contribution in [0.25, 0.3) is 12.2 Å². The van der Waals surface area contributed by atoms with Crippen molar-refractivity contribution in [3.8, 4) is 34.5 Å². The van der Waals surface area contributed by atoms with Gasteiger partial charge in [0.25, 0.3) is 11.8 Å². The molecule has 2 N–H and O–H groups in total. The van der Waals surface area contributed by atoms with Gasteiger partial charge in [0.2, 0.25) is 17.6 Å². The molecule has 2 heterocycles. The first-order chi connectivity index (χ1) is 31.9. The predicted octanol–water partition coefficient (Wildman–Crippen LogP) is 9.10. The molecule has 9 rings (SSSR count). The van der Waals surface area contributed by atoms with Crippen molar-refractivity contribution in [3.63, 3.8) is 0 Å². The summed E-state index contributed by atoms with van der Waals surface area (Å²) in [4.78, 5) is 61.7. The van der Waals surface area contributed by atoms with Crippen LogP contribution in [-0.2, 0) is 24.6 Å². The number of allylic oxidation sites excluding steroid dienone is 2. The minimum atomic E-state index is -1.65. The summed E-state index contributed by atoms with van der Waals surface area (Å²) in [6.07, 6.45) is 5.98. The molecule has 1 saturated carbocycles. The molecule has 338 valence electrons. The number of hydrogen-bond donors (Lipinski definition) is 2. The Hall–Kier alpha value is -6.96. The molecule has 4 aliphatic rings. The van der Waals surface area contributed by atoms with E-state index in [0.717, 1.165) is 16.1 Å². The third kappa shape index (κ3) is 7.08. The number of amides is 4. The maximum absolute atomic E-state index is 15.7. The molecule has 0 unspecified atom stereocenters. The molecule has 5 aromatic rings. The number of rotatable bonds is 12. The van der Waals surface area contributed by atoms with Crippen LogP contribution >= 0.6 is 23.2 Å².